The summed E-state index contributed by atoms with van der Waals surface area (Å²) in [5, 5.41) is 4.60. The lowest BCUT2D eigenvalue weighted by atomic mass is 10.2. The van der Waals surface area contributed by atoms with Gasteiger partial charge in [-0.15, -0.1) is 11.3 Å². The minimum Gasteiger partial charge on any atom is -0.454 e. The van der Waals surface area contributed by atoms with Crippen LogP contribution in [0.4, 0.5) is 5.69 Å². The lowest BCUT2D eigenvalue weighted by Gasteiger charge is -2.09. The molecule has 0 fully saturated rings. The van der Waals surface area contributed by atoms with E-state index in [9.17, 15) is 9.59 Å². The summed E-state index contributed by atoms with van der Waals surface area (Å²) < 4.78 is 12.1. The van der Waals surface area contributed by atoms with E-state index in [2.05, 4.69) is 10.3 Å². The predicted octanol–water partition coefficient (Wildman–Crippen LogP) is 2.61. The highest BCUT2D eigenvalue weighted by Crippen LogP contribution is 2.32. The second-order valence-corrected chi connectivity index (χ2v) is 6.43. The Labute approximate surface area is 146 Å². The first-order valence-corrected chi connectivity index (χ1v) is 8.67. The second-order valence-electron chi connectivity index (χ2n) is 5.60. The molecule has 128 valence electrons. The number of ether oxygens (including phenoxy) is 2. The SMILES string of the molecule is CCc1csc2nc(C)c(NC(=O)c3ccc4c(c3)OCO4)c(=O)n12. The number of rotatable bonds is 3. The van der Waals surface area contributed by atoms with Gasteiger partial charge in [0.15, 0.2) is 16.5 Å². The minimum absolute atomic E-state index is 0.138. The van der Waals surface area contributed by atoms with Crippen molar-refractivity contribution in [3.63, 3.8) is 0 Å². The number of hydrogen-bond acceptors (Lipinski definition) is 6. The van der Waals surface area contributed by atoms with Gasteiger partial charge in [0.25, 0.3) is 11.5 Å². The van der Waals surface area contributed by atoms with Gasteiger partial charge in [-0.1, -0.05) is 6.92 Å². The molecule has 4 rings (SSSR count). The Morgan fingerprint density at radius 3 is 2.96 bits per heavy atom. The predicted molar refractivity (Wildman–Crippen MR) is 94.0 cm³/mol. The first-order chi connectivity index (χ1) is 12.1. The van der Waals surface area contributed by atoms with Crippen LogP contribution in [0.25, 0.3) is 4.96 Å². The Morgan fingerprint density at radius 1 is 1.36 bits per heavy atom. The van der Waals surface area contributed by atoms with Crippen molar-refractivity contribution in [1.82, 2.24) is 9.38 Å². The number of aromatic nitrogens is 2. The highest BCUT2D eigenvalue weighted by Gasteiger charge is 2.19. The van der Waals surface area contributed by atoms with E-state index >= 15 is 0 Å². The molecule has 1 aliphatic heterocycles. The van der Waals surface area contributed by atoms with Crippen molar-refractivity contribution in [3.05, 3.63) is 50.9 Å². The van der Waals surface area contributed by atoms with Gasteiger partial charge in [0.05, 0.1) is 5.69 Å². The van der Waals surface area contributed by atoms with Gasteiger partial charge in [0, 0.05) is 16.6 Å². The Bertz CT molecular complexity index is 1050. The average molecular weight is 357 g/mol. The molecule has 0 saturated heterocycles. The molecule has 8 heteroatoms. The summed E-state index contributed by atoms with van der Waals surface area (Å²) in [4.78, 5) is 30.4. The van der Waals surface area contributed by atoms with E-state index in [1.54, 1.807) is 29.5 Å². The second kappa shape index (κ2) is 5.89. The van der Waals surface area contributed by atoms with Gasteiger partial charge < -0.3 is 14.8 Å². The maximum atomic E-state index is 12.8. The van der Waals surface area contributed by atoms with Crippen molar-refractivity contribution in [3.8, 4) is 11.5 Å². The van der Waals surface area contributed by atoms with E-state index in [4.69, 9.17) is 9.47 Å². The van der Waals surface area contributed by atoms with E-state index in [-0.39, 0.29) is 18.0 Å². The van der Waals surface area contributed by atoms with Crippen LogP contribution in [0.3, 0.4) is 0 Å². The summed E-state index contributed by atoms with van der Waals surface area (Å²) in [6, 6.07) is 4.90. The summed E-state index contributed by atoms with van der Waals surface area (Å²) in [7, 11) is 0. The lowest BCUT2D eigenvalue weighted by Crippen LogP contribution is -2.25. The topological polar surface area (TPSA) is 81.9 Å². The smallest absolute Gasteiger partial charge is 0.282 e. The highest BCUT2D eigenvalue weighted by molar-refractivity contribution is 7.15. The molecule has 1 aromatic carbocycles. The van der Waals surface area contributed by atoms with Crippen LogP contribution in [0.15, 0.2) is 28.4 Å². The summed E-state index contributed by atoms with van der Waals surface area (Å²) in [5.74, 6) is 0.719. The van der Waals surface area contributed by atoms with Crippen LogP contribution in [0.2, 0.25) is 0 Å². The fourth-order valence-corrected chi connectivity index (χ4v) is 3.73. The number of benzene rings is 1. The van der Waals surface area contributed by atoms with Crippen LogP contribution >= 0.6 is 11.3 Å². The molecule has 7 nitrogen and oxygen atoms in total. The first-order valence-electron chi connectivity index (χ1n) is 7.79. The molecule has 0 unspecified atom stereocenters. The Hall–Kier alpha value is -2.87. The maximum Gasteiger partial charge on any atom is 0.282 e. The van der Waals surface area contributed by atoms with Gasteiger partial charge in [-0.3, -0.25) is 14.0 Å². The van der Waals surface area contributed by atoms with Crippen LogP contribution < -0.4 is 20.3 Å². The van der Waals surface area contributed by atoms with Crippen LogP contribution in [0.5, 0.6) is 11.5 Å². The first kappa shape index (κ1) is 15.6. The fraction of sp³-hybridized carbons (Fsp3) is 0.235. The number of thiazole rings is 1. The van der Waals surface area contributed by atoms with E-state index < -0.39 is 5.91 Å². The third-order valence-electron chi connectivity index (χ3n) is 4.06. The van der Waals surface area contributed by atoms with Crippen molar-refractivity contribution < 1.29 is 14.3 Å². The zero-order valence-corrected chi connectivity index (χ0v) is 14.5. The van der Waals surface area contributed by atoms with Gasteiger partial charge in [-0.25, -0.2) is 4.98 Å². The number of hydrogen-bond donors (Lipinski definition) is 1. The molecule has 1 N–H and O–H groups in total. The summed E-state index contributed by atoms with van der Waals surface area (Å²) >= 11 is 1.41. The number of aryl methyl sites for hydroxylation is 2. The molecule has 0 bridgehead atoms. The van der Waals surface area contributed by atoms with Crippen molar-refractivity contribution >= 4 is 27.9 Å². The standard InChI is InChI=1S/C17H15N3O4S/c1-3-11-7-25-17-18-9(2)14(16(22)20(11)17)19-15(21)10-4-5-12-13(6-10)24-8-23-12/h4-7H,3,8H2,1-2H3,(H,19,21). The molecule has 0 atom stereocenters. The number of nitrogens with zero attached hydrogens (tertiary/aromatic N) is 2. The Morgan fingerprint density at radius 2 is 2.16 bits per heavy atom. The largest absolute Gasteiger partial charge is 0.454 e. The molecule has 25 heavy (non-hydrogen) atoms. The maximum absolute atomic E-state index is 12.8. The molecule has 1 aliphatic rings. The Kier molecular flexibility index (Phi) is 3.69. The fourth-order valence-electron chi connectivity index (χ4n) is 2.72. The molecular formula is C17H15N3O4S. The van der Waals surface area contributed by atoms with Crippen LogP contribution in [0, 0.1) is 6.92 Å². The Balaban J connectivity index is 1.73. The number of amides is 1. The molecule has 0 saturated carbocycles. The number of carbonyl (C=O) groups is 1. The molecule has 3 aromatic rings. The number of carbonyl (C=O) groups excluding carboxylic acids is 1. The zero-order chi connectivity index (χ0) is 17.6. The summed E-state index contributed by atoms with van der Waals surface area (Å²) in [5.41, 5.74) is 1.66. The van der Waals surface area contributed by atoms with Crippen LogP contribution in [-0.4, -0.2) is 22.1 Å². The average Bonchev–Trinajstić information content (AvgIpc) is 3.23. The summed E-state index contributed by atoms with van der Waals surface area (Å²) in [6.07, 6.45) is 0.709. The molecule has 1 amide bonds. The quantitative estimate of drug-likeness (QED) is 0.779. The van der Waals surface area contributed by atoms with Crippen molar-refractivity contribution in [2.45, 2.75) is 20.3 Å². The van der Waals surface area contributed by atoms with Gasteiger partial charge in [-0.2, -0.15) is 0 Å². The van der Waals surface area contributed by atoms with E-state index in [1.807, 2.05) is 12.3 Å². The van der Waals surface area contributed by atoms with Gasteiger partial charge in [-0.05, 0) is 31.5 Å². The monoisotopic (exact) mass is 357 g/mol. The van der Waals surface area contributed by atoms with Crippen LogP contribution in [0.1, 0.15) is 28.7 Å². The van der Waals surface area contributed by atoms with Crippen molar-refractivity contribution in [2.75, 3.05) is 12.1 Å². The number of nitrogens with one attached hydrogen (secondary N) is 1. The molecule has 0 aliphatic carbocycles. The van der Waals surface area contributed by atoms with Gasteiger partial charge in [0.1, 0.15) is 5.69 Å². The lowest BCUT2D eigenvalue weighted by molar-refractivity contribution is 0.102. The highest BCUT2D eigenvalue weighted by atomic mass is 32.1. The van der Waals surface area contributed by atoms with Gasteiger partial charge in [0.2, 0.25) is 6.79 Å². The molecule has 2 aromatic heterocycles. The molecule has 0 radical (unpaired) electrons. The van der Waals surface area contributed by atoms with Crippen LogP contribution in [-0.2, 0) is 6.42 Å². The molecular weight excluding hydrogens is 342 g/mol. The number of fused-ring (bicyclic) bond motifs is 2. The third-order valence-corrected chi connectivity index (χ3v) is 4.93. The number of anilines is 1. The van der Waals surface area contributed by atoms with E-state index in [1.165, 1.54) is 11.3 Å². The molecule has 3 heterocycles. The van der Waals surface area contributed by atoms with Crippen molar-refractivity contribution in [1.29, 1.82) is 0 Å². The van der Waals surface area contributed by atoms with E-state index in [0.717, 1.165) is 5.69 Å². The summed E-state index contributed by atoms with van der Waals surface area (Å²) in [6.45, 7) is 3.82. The normalized spacial score (nSPS) is 12.6. The zero-order valence-electron chi connectivity index (χ0n) is 13.7. The third kappa shape index (κ3) is 2.54. The van der Waals surface area contributed by atoms with E-state index in [0.29, 0.717) is 34.1 Å². The molecule has 0 spiro atoms. The minimum atomic E-state index is -0.395. The van der Waals surface area contributed by atoms with Crippen molar-refractivity contribution in [2.24, 2.45) is 0 Å². The van der Waals surface area contributed by atoms with Gasteiger partial charge >= 0.3 is 0 Å².